The van der Waals surface area contributed by atoms with E-state index in [2.05, 4.69) is 32.1 Å². The number of hydrogen-bond acceptors (Lipinski definition) is 3. The lowest BCUT2D eigenvalue weighted by Crippen LogP contribution is -2.02. The molecular weight excluding hydrogens is 384 g/mol. The second-order valence-corrected chi connectivity index (χ2v) is 8.49. The van der Waals surface area contributed by atoms with Crippen LogP contribution >= 0.6 is 0 Å². The number of allylic oxidation sites excluding steroid dienone is 4. The quantitative estimate of drug-likeness (QED) is 0.126. The number of hydrogen-bond donors (Lipinski definition) is 0. The van der Waals surface area contributed by atoms with Crippen LogP contribution in [0.15, 0.2) is 34.8 Å². The maximum absolute atomic E-state index is 11.2. The number of carbonyl (C=O) groups excluding carboxylic acids is 1. The highest BCUT2D eigenvalue weighted by atomic mass is 16.5. The average Bonchev–Trinajstić information content (AvgIpc) is 3.10. The van der Waals surface area contributed by atoms with Crippen LogP contribution in [0.4, 0.5) is 0 Å². The van der Waals surface area contributed by atoms with Gasteiger partial charge in [-0.3, -0.25) is 4.79 Å². The summed E-state index contributed by atoms with van der Waals surface area (Å²) >= 11 is 0. The Bertz CT molecular complexity index is 624. The van der Waals surface area contributed by atoms with E-state index < -0.39 is 0 Å². The molecule has 0 unspecified atom stereocenters. The van der Waals surface area contributed by atoms with Crippen molar-refractivity contribution in [2.24, 2.45) is 0 Å². The third kappa shape index (κ3) is 14.8. The van der Waals surface area contributed by atoms with Crippen molar-refractivity contribution in [3.63, 3.8) is 0 Å². The fraction of sp³-hybridized carbons (Fsp3) is 0.679. The molecule has 0 aromatic carbocycles. The van der Waals surface area contributed by atoms with Gasteiger partial charge in [-0.15, -0.1) is 0 Å². The molecule has 0 fully saturated rings. The summed E-state index contributed by atoms with van der Waals surface area (Å²) in [5.74, 6) is 2.29. The van der Waals surface area contributed by atoms with Gasteiger partial charge in [0.05, 0.1) is 6.61 Å². The monoisotopic (exact) mass is 430 g/mol. The average molecular weight is 431 g/mol. The Morgan fingerprint density at radius 2 is 1.52 bits per heavy atom. The minimum Gasteiger partial charge on any atom is -0.466 e. The number of esters is 1. The van der Waals surface area contributed by atoms with Crippen LogP contribution in [-0.4, -0.2) is 12.6 Å². The van der Waals surface area contributed by atoms with Crippen molar-refractivity contribution in [3.8, 4) is 0 Å². The molecule has 0 N–H and O–H groups in total. The molecule has 0 saturated carbocycles. The molecule has 0 bridgehead atoms. The first-order valence-electron chi connectivity index (χ1n) is 12.7. The molecule has 3 heteroatoms. The van der Waals surface area contributed by atoms with Crippen LogP contribution in [0.3, 0.4) is 0 Å². The molecule has 176 valence electrons. The topological polar surface area (TPSA) is 39.4 Å². The van der Waals surface area contributed by atoms with Crippen molar-refractivity contribution in [1.82, 2.24) is 0 Å². The van der Waals surface area contributed by atoms with E-state index in [1.807, 2.05) is 19.1 Å². The molecule has 0 spiro atoms. The van der Waals surface area contributed by atoms with Gasteiger partial charge in [-0.2, -0.15) is 0 Å². The van der Waals surface area contributed by atoms with E-state index in [1.165, 1.54) is 81.3 Å². The smallest absolute Gasteiger partial charge is 0.306 e. The van der Waals surface area contributed by atoms with Crippen LogP contribution in [0.1, 0.15) is 114 Å². The summed E-state index contributed by atoms with van der Waals surface area (Å²) in [4.78, 5) is 11.2. The summed E-state index contributed by atoms with van der Waals surface area (Å²) in [6.45, 7) is 6.74. The van der Waals surface area contributed by atoms with Crippen LogP contribution in [0.2, 0.25) is 0 Å². The molecule has 1 heterocycles. The van der Waals surface area contributed by atoms with Gasteiger partial charge < -0.3 is 9.15 Å². The molecule has 1 aromatic heterocycles. The van der Waals surface area contributed by atoms with Crippen molar-refractivity contribution >= 4 is 5.97 Å². The predicted octanol–water partition coefficient (Wildman–Crippen LogP) is 8.44. The minimum atomic E-state index is -0.112. The lowest BCUT2D eigenvalue weighted by atomic mass is 10.1. The van der Waals surface area contributed by atoms with Gasteiger partial charge in [-0.05, 0) is 57.6 Å². The van der Waals surface area contributed by atoms with Crippen molar-refractivity contribution in [3.05, 3.63) is 47.5 Å². The van der Waals surface area contributed by atoms with Gasteiger partial charge in [0.1, 0.15) is 11.5 Å². The van der Waals surface area contributed by atoms with E-state index in [-0.39, 0.29) is 5.97 Å². The zero-order chi connectivity index (χ0) is 22.6. The van der Waals surface area contributed by atoms with E-state index in [4.69, 9.17) is 9.15 Å². The highest BCUT2D eigenvalue weighted by Gasteiger charge is 2.07. The molecule has 0 atom stereocenters. The van der Waals surface area contributed by atoms with E-state index in [0.717, 1.165) is 25.7 Å². The molecule has 0 aliphatic carbocycles. The van der Waals surface area contributed by atoms with Crippen LogP contribution < -0.4 is 0 Å². The molecule has 0 radical (unpaired) electrons. The van der Waals surface area contributed by atoms with Crippen LogP contribution in [0.25, 0.3) is 0 Å². The Hall–Kier alpha value is -1.77. The number of unbranched alkanes of at least 4 members (excludes halogenated alkanes) is 9. The lowest BCUT2D eigenvalue weighted by molar-refractivity contribution is -0.143. The van der Waals surface area contributed by atoms with E-state index in [9.17, 15) is 4.79 Å². The molecular formula is C28H46O3. The number of furan rings is 1. The molecule has 1 aromatic rings. The summed E-state index contributed by atoms with van der Waals surface area (Å²) in [6, 6.07) is 2.25. The highest BCUT2D eigenvalue weighted by molar-refractivity contribution is 5.69. The standard InChI is InChI=1S/C28H46O3/c1-4-6-18-21-26-24-25(3)27(31-26)22-19-16-14-12-10-8-7-9-11-13-15-17-20-23-28(29)30-5-2/h11,13,15,17,24H,4-10,12,14,16,18-23H2,1-3H3/b13-11-,17-15+. The zero-order valence-corrected chi connectivity index (χ0v) is 20.4. The Balaban J connectivity index is 1.94. The molecule has 0 amide bonds. The Labute approximate surface area is 191 Å². The van der Waals surface area contributed by atoms with Crippen LogP contribution in [0.5, 0.6) is 0 Å². The summed E-state index contributed by atoms with van der Waals surface area (Å²) < 4.78 is 11.0. The van der Waals surface area contributed by atoms with Gasteiger partial charge in [0.25, 0.3) is 0 Å². The van der Waals surface area contributed by atoms with Gasteiger partial charge in [0.2, 0.25) is 0 Å². The van der Waals surface area contributed by atoms with Crippen molar-refractivity contribution in [2.45, 2.75) is 117 Å². The van der Waals surface area contributed by atoms with Gasteiger partial charge in [-0.25, -0.2) is 0 Å². The van der Waals surface area contributed by atoms with Crippen molar-refractivity contribution in [2.75, 3.05) is 6.61 Å². The van der Waals surface area contributed by atoms with Gasteiger partial charge in [0, 0.05) is 19.3 Å². The predicted molar refractivity (Wildman–Crippen MR) is 131 cm³/mol. The van der Waals surface area contributed by atoms with E-state index in [1.54, 1.807) is 0 Å². The third-order valence-corrected chi connectivity index (χ3v) is 5.58. The first-order valence-corrected chi connectivity index (χ1v) is 12.7. The Kier molecular flexibility index (Phi) is 16.7. The summed E-state index contributed by atoms with van der Waals surface area (Å²) in [7, 11) is 0. The van der Waals surface area contributed by atoms with Gasteiger partial charge in [0.15, 0.2) is 0 Å². The SMILES string of the molecule is CCCCCc1cc(C)c(CCCCCCCCC/C=C\C=C\CCC(=O)OCC)o1. The zero-order valence-electron chi connectivity index (χ0n) is 20.4. The Morgan fingerprint density at radius 3 is 2.23 bits per heavy atom. The molecule has 0 aliphatic heterocycles. The fourth-order valence-corrected chi connectivity index (χ4v) is 3.73. The van der Waals surface area contributed by atoms with Gasteiger partial charge in [-0.1, -0.05) is 76.2 Å². The molecule has 31 heavy (non-hydrogen) atoms. The maximum Gasteiger partial charge on any atom is 0.306 e. The summed E-state index contributed by atoms with van der Waals surface area (Å²) in [6.07, 6.45) is 25.9. The summed E-state index contributed by atoms with van der Waals surface area (Å²) in [5, 5.41) is 0. The van der Waals surface area contributed by atoms with Crippen LogP contribution in [0, 0.1) is 6.92 Å². The third-order valence-electron chi connectivity index (χ3n) is 5.58. The second-order valence-electron chi connectivity index (χ2n) is 8.49. The second kappa shape index (κ2) is 19.0. The largest absolute Gasteiger partial charge is 0.466 e. The van der Waals surface area contributed by atoms with Crippen molar-refractivity contribution < 1.29 is 13.9 Å². The molecule has 3 nitrogen and oxygen atoms in total. The number of ether oxygens (including phenoxy) is 1. The minimum absolute atomic E-state index is 0.112. The lowest BCUT2D eigenvalue weighted by Gasteiger charge is -2.02. The van der Waals surface area contributed by atoms with Gasteiger partial charge >= 0.3 is 5.97 Å². The molecule has 1 rings (SSSR count). The first kappa shape index (κ1) is 27.3. The number of carbonyl (C=O) groups is 1. The van der Waals surface area contributed by atoms with Crippen molar-refractivity contribution in [1.29, 1.82) is 0 Å². The molecule has 0 saturated heterocycles. The number of aryl methyl sites for hydroxylation is 3. The fourth-order valence-electron chi connectivity index (χ4n) is 3.73. The Morgan fingerprint density at radius 1 is 0.871 bits per heavy atom. The highest BCUT2D eigenvalue weighted by Crippen LogP contribution is 2.20. The van der Waals surface area contributed by atoms with Crippen LogP contribution in [-0.2, 0) is 22.4 Å². The maximum atomic E-state index is 11.2. The normalized spacial score (nSPS) is 11.7. The first-order chi connectivity index (χ1) is 15.2. The number of rotatable bonds is 19. The van der Waals surface area contributed by atoms with E-state index >= 15 is 0 Å². The summed E-state index contributed by atoms with van der Waals surface area (Å²) in [5.41, 5.74) is 1.34. The molecule has 0 aliphatic rings. The van der Waals surface area contributed by atoms with E-state index in [0.29, 0.717) is 13.0 Å².